The van der Waals surface area contributed by atoms with Gasteiger partial charge in [0.1, 0.15) is 0 Å². The van der Waals surface area contributed by atoms with Crippen molar-refractivity contribution in [2.24, 2.45) is 0 Å². The van der Waals surface area contributed by atoms with Crippen LogP contribution in [-0.2, 0) is 0 Å². The fraction of sp³-hybridized carbons (Fsp3) is 0.0149. The second-order valence-corrected chi connectivity index (χ2v) is 17.9. The maximum Gasteiger partial charge on any atom is 0.0541 e. The van der Waals surface area contributed by atoms with Gasteiger partial charge in [0.15, 0.2) is 0 Å². The van der Waals surface area contributed by atoms with Gasteiger partial charge in [-0.15, -0.1) is 0 Å². The van der Waals surface area contributed by atoms with Crippen molar-refractivity contribution in [2.75, 3.05) is 9.80 Å². The van der Waals surface area contributed by atoms with Crippen LogP contribution in [0, 0.1) is 6.92 Å². The van der Waals surface area contributed by atoms with Crippen LogP contribution >= 0.6 is 0 Å². The fourth-order valence-electron chi connectivity index (χ4n) is 9.95. The number of aromatic nitrogens is 1. The van der Waals surface area contributed by atoms with Crippen molar-refractivity contribution in [1.82, 2.24) is 4.57 Å². The van der Waals surface area contributed by atoms with Crippen LogP contribution in [0.4, 0.5) is 34.1 Å². The highest BCUT2D eigenvalue weighted by molar-refractivity contribution is 6.11. The minimum Gasteiger partial charge on any atom is -0.311 e. The van der Waals surface area contributed by atoms with E-state index in [1.165, 1.54) is 71.9 Å². The highest BCUT2D eigenvalue weighted by Crippen LogP contribution is 2.41. The second-order valence-electron chi connectivity index (χ2n) is 17.9. The van der Waals surface area contributed by atoms with Gasteiger partial charge < -0.3 is 14.4 Å². The second kappa shape index (κ2) is 18.5. The predicted octanol–water partition coefficient (Wildman–Crippen LogP) is 18.7. The van der Waals surface area contributed by atoms with Crippen molar-refractivity contribution in [3.63, 3.8) is 0 Å². The molecule has 0 N–H and O–H groups in total. The summed E-state index contributed by atoms with van der Waals surface area (Å²) < 4.78 is 2.42. The Bertz CT molecular complexity index is 3490. The Morgan fingerprint density at radius 1 is 0.243 bits per heavy atom. The quantitative estimate of drug-likeness (QED) is 0.128. The van der Waals surface area contributed by atoms with Crippen molar-refractivity contribution in [3.8, 4) is 50.2 Å². The molecule has 0 spiro atoms. The molecule has 332 valence electrons. The van der Waals surface area contributed by atoms with Gasteiger partial charge in [-0.2, -0.15) is 0 Å². The molecule has 0 saturated carbocycles. The number of benzene rings is 11. The molecule has 0 radical (unpaired) electrons. The molecular weight excluding hydrogens is 847 g/mol. The topological polar surface area (TPSA) is 11.4 Å². The van der Waals surface area contributed by atoms with Gasteiger partial charge in [0, 0.05) is 50.6 Å². The van der Waals surface area contributed by atoms with Gasteiger partial charge in [-0.05, 0) is 166 Å². The smallest absolute Gasteiger partial charge is 0.0541 e. The Kier molecular flexibility index (Phi) is 11.1. The Morgan fingerprint density at radius 3 is 0.900 bits per heavy atom. The predicted molar refractivity (Wildman–Crippen MR) is 297 cm³/mol. The standard InChI is InChI=1S/C67H49N3/c1-48-15-14-24-63(45-48)70-66-43-33-55(53-29-39-61(40-30-53)68(57-20-10-4-11-21-57)59-35-25-51(26-36-59)49-16-6-2-7-17-49)46-64(66)65-47-56(34-44-67(65)70)54-31-41-62(42-32-54)69(58-22-12-5-13-23-58)60-37-27-52(28-38-60)50-18-8-3-9-19-50/h2-47H,1H3. The van der Waals surface area contributed by atoms with Crippen molar-refractivity contribution < 1.29 is 0 Å². The van der Waals surface area contributed by atoms with Crippen LogP contribution in [0.3, 0.4) is 0 Å². The lowest BCUT2D eigenvalue weighted by Gasteiger charge is -2.26. The van der Waals surface area contributed by atoms with E-state index in [0.717, 1.165) is 39.8 Å². The van der Waals surface area contributed by atoms with Crippen LogP contribution in [0.15, 0.2) is 279 Å². The number of anilines is 6. The van der Waals surface area contributed by atoms with E-state index in [-0.39, 0.29) is 0 Å². The lowest BCUT2D eigenvalue weighted by atomic mass is 9.99. The lowest BCUT2D eigenvalue weighted by Crippen LogP contribution is -2.09. The van der Waals surface area contributed by atoms with Crippen LogP contribution < -0.4 is 9.80 Å². The summed E-state index contributed by atoms with van der Waals surface area (Å²) in [6.07, 6.45) is 0. The van der Waals surface area contributed by atoms with Crippen molar-refractivity contribution in [1.29, 1.82) is 0 Å². The van der Waals surface area contributed by atoms with Crippen LogP contribution in [-0.4, -0.2) is 4.57 Å². The van der Waals surface area contributed by atoms with E-state index in [9.17, 15) is 0 Å². The van der Waals surface area contributed by atoms with E-state index in [0.29, 0.717) is 0 Å². The summed E-state index contributed by atoms with van der Waals surface area (Å²) in [5, 5.41) is 2.44. The minimum atomic E-state index is 1.10. The zero-order chi connectivity index (χ0) is 46.8. The molecule has 11 aromatic carbocycles. The van der Waals surface area contributed by atoms with Gasteiger partial charge >= 0.3 is 0 Å². The number of hydrogen-bond donors (Lipinski definition) is 0. The number of hydrogen-bond acceptors (Lipinski definition) is 2. The average Bonchev–Trinajstić information content (AvgIpc) is 3.76. The van der Waals surface area contributed by atoms with E-state index in [1.54, 1.807) is 0 Å². The van der Waals surface area contributed by atoms with Gasteiger partial charge in [0.05, 0.1) is 11.0 Å². The molecule has 0 atom stereocenters. The van der Waals surface area contributed by atoms with Gasteiger partial charge in [-0.3, -0.25) is 0 Å². The third kappa shape index (κ3) is 8.20. The monoisotopic (exact) mass is 895 g/mol. The Morgan fingerprint density at radius 2 is 0.543 bits per heavy atom. The van der Waals surface area contributed by atoms with Gasteiger partial charge in [0.2, 0.25) is 0 Å². The van der Waals surface area contributed by atoms with Gasteiger partial charge in [-0.1, -0.05) is 170 Å². The van der Waals surface area contributed by atoms with Crippen molar-refractivity contribution in [2.45, 2.75) is 6.92 Å². The third-order valence-electron chi connectivity index (χ3n) is 13.4. The Labute approximate surface area is 410 Å². The summed E-state index contributed by atoms with van der Waals surface area (Å²) in [6.45, 7) is 2.16. The number of para-hydroxylation sites is 2. The van der Waals surface area contributed by atoms with Crippen molar-refractivity contribution in [3.05, 3.63) is 285 Å². The molecular formula is C67H49N3. The summed E-state index contributed by atoms with van der Waals surface area (Å²) in [5.74, 6) is 0. The highest BCUT2D eigenvalue weighted by atomic mass is 15.1. The minimum absolute atomic E-state index is 1.10. The summed E-state index contributed by atoms with van der Waals surface area (Å²) >= 11 is 0. The first-order chi connectivity index (χ1) is 34.6. The SMILES string of the molecule is Cc1cccc(-n2c3ccc(-c4ccc(N(c5ccccc5)c5ccc(-c6ccccc6)cc5)cc4)cc3c3cc(-c4ccc(N(c5ccccc5)c5ccc(-c6ccccc6)cc5)cc4)ccc32)c1. The van der Waals surface area contributed by atoms with Crippen molar-refractivity contribution >= 4 is 55.9 Å². The lowest BCUT2D eigenvalue weighted by molar-refractivity contribution is 1.17. The molecule has 0 bridgehead atoms. The number of aryl methyl sites for hydroxylation is 1. The Hall–Kier alpha value is -9.18. The molecule has 0 fully saturated rings. The first kappa shape index (κ1) is 42.2. The molecule has 70 heavy (non-hydrogen) atoms. The summed E-state index contributed by atoms with van der Waals surface area (Å²) in [4.78, 5) is 4.65. The molecule has 0 saturated heterocycles. The summed E-state index contributed by atoms with van der Waals surface area (Å²) in [7, 11) is 0. The maximum absolute atomic E-state index is 2.42. The summed E-state index contributed by atoms with van der Waals surface area (Å²) in [6, 6.07) is 101. The maximum atomic E-state index is 2.42. The molecule has 0 aliphatic carbocycles. The fourth-order valence-corrected chi connectivity index (χ4v) is 9.95. The molecule has 12 aromatic rings. The molecule has 0 aliphatic rings. The molecule has 0 unspecified atom stereocenters. The highest BCUT2D eigenvalue weighted by Gasteiger charge is 2.18. The van der Waals surface area contributed by atoms with E-state index < -0.39 is 0 Å². The summed E-state index contributed by atoms with van der Waals surface area (Å²) in [5.41, 5.74) is 20.9. The van der Waals surface area contributed by atoms with Gasteiger partial charge in [0.25, 0.3) is 0 Å². The molecule has 1 heterocycles. The van der Waals surface area contributed by atoms with E-state index in [4.69, 9.17) is 0 Å². The molecule has 1 aromatic heterocycles. The zero-order valence-corrected chi connectivity index (χ0v) is 38.9. The van der Waals surface area contributed by atoms with Crippen LogP contribution in [0.5, 0.6) is 0 Å². The van der Waals surface area contributed by atoms with Gasteiger partial charge in [-0.25, -0.2) is 0 Å². The van der Waals surface area contributed by atoms with Crippen LogP contribution in [0.1, 0.15) is 5.56 Å². The zero-order valence-electron chi connectivity index (χ0n) is 38.9. The Balaban J connectivity index is 0.904. The van der Waals surface area contributed by atoms with E-state index in [1.807, 2.05) is 0 Å². The normalized spacial score (nSPS) is 11.2. The first-order valence-electron chi connectivity index (χ1n) is 24.0. The average molecular weight is 896 g/mol. The first-order valence-corrected chi connectivity index (χ1v) is 24.0. The molecule has 0 aliphatic heterocycles. The molecule has 3 heteroatoms. The number of nitrogens with zero attached hydrogens (tertiary/aromatic N) is 3. The molecule has 12 rings (SSSR count). The molecule has 3 nitrogen and oxygen atoms in total. The number of fused-ring (bicyclic) bond motifs is 3. The van der Waals surface area contributed by atoms with Crippen LogP contribution in [0.2, 0.25) is 0 Å². The number of rotatable bonds is 11. The third-order valence-corrected chi connectivity index (χ3v) is 13.4. The largest absolute Gasteiger partial charge is 0.311 e. The van der Waals surface area contributed by atoms with Crippen LogP contribution in [0.25, 0.3) is 72.0 Å². The van der Waals surface area contributed by atoms with E-state index >= 15 is 0 Å². The van der Waals surface area contributed by atoms with E-state index in [2.05, 4.69) is 300 Å². The molecule has 0 amide bonds.